The zero-order valence-corrected chi connectivity index (χ0v) is 19.4. The van der Waals surface area contributed by atoms with Gasteiger partial charge < -0.3 is 5.32 Å². The second-order valence-electron chi connectivity index (χ2n) is 8.29. The summed E-state index contributed by atoms with van der Waals surface area (Å²) in [5.74, 6) is -0.644. The van der Waals surface area contributed by atoms with Crippen molar-refractivity contribution < 1.29 is 9.59 Å². The van der Waals surface area contributed by atoms with Gasteiger partial charge in [-0.05, 0) is 62.1 Å². The molecule has 0 saturated carbocycles. The molecule has 4 nitrogen and oxygen atoms in total. The molecule has 3 aromatic carbocycles. The van der Waals surface area contributed by atoms with Gasteiger partial charge in [-0.3, -0.25) is 14.5 Å². The smallest absolute Gasteiger partial charge is 0.278 e. The van der Waals surface area contributed by atoms with E-state index >= 15 is 0 Å². The number of halogens is 1. The molecule has 0 unspecified atom stereocenters. The van der Waals surface area contributed by atoms with E-state index in [-0.39, 0.29) is 24.1 Å². The van der Waals surface area contributed by atoms with Crippen LogP contribution >= 0.6 is 11.6 Å². The second-order valence-corrected chi connectivity index (χ2v) is 8.70. The van der Waals surface area contributed by atoms with Crippen LogP contribution in [0.1, 0.15) is 33.4 Å². The number of nitrogens with zero attached hydrogens (tertiary/aromatic N) is 1. The largest absolute Gasteiger partial charge is 0.350 e. The SMILES string of the molecule is Cc1ccc(CN2C(=O)C(Nc3cccc(Cl)c3C)=C(c3ccc(C)cc3C)C2=O)cc1. The van der Waals surface area contributed by atoms with E-state index in [0.717, 1.165) is 33.4 Å². The fourth-order valence-corrected chi connectivity index (χ4v) is 4.11. The fraction of sp³-hybridized carbons (Fsp3) is 0.185. The molecule has 0 spiro atoms. The van der Waals surface area contributed by atoms with Crippen LogP contribution in [0.15, 0.2) is 66.4 Å². The van der Waals surface area contributed by atoms with Gasteiger partial charge in [0.25, 0.3) is 11.8 Å². The van der Waals surface area contributed by atoms with Gasteiger partial charge in [0, 0.05) is 10.7 Å². The monoisotopic (exact) mass is 444 g/mol. The molecule has 0 aromatic heterocycles. The summed E-state index contributed by atoms with van der Waals surface area (Å²) in [6.07, 6.45) is 0. The lowest BCUT2D eigenvalue weighted by atomic mass is 9.97. The highest BCUT2D eigenvalue weighted by Crippen LogP contribution is 2.34. The molecular formula is C27H25ClN2O2. The van der Waals surface area contributed by atoms with Crippen LogP contribution in [-0.4, -0.2) is 16.7 Å². The van der Waals surface area contributed by atoms with E-state index in [2.05, 4.69) is 5.32 Å². The number of carbonyl (C=O) groups excluding carboxylic acids is 2. The Morgan fingerprint density at radius 2 is 1.53 bits per heavy atom. The van der Waals surface area contributed by atoms with Gasteiger partial charge in [-0.15, -0.1) is 0 Å². The molecule has 32 heavy (non-hydrogen) atoms. The summed E-state index contributed by atoms with van der Waals surface area (Å²) in [6, 6.07) is 19.2. The highest BCUT2D eigenvalue weighted by atomic mass is 35.5. The van der Waals surface area contributed by atoms with Gasteiger partial charge in [-0.25, -0.2) is 0 Å². The van der Waals surface area contributed by atoms with Crippen molar-refractivity contribution in [3.05, 3.63) is 105 Å². The molecule has 1 N–H and O–H groups in total. The molecule has 0 aliphatic carbocycles. The maximum atomic E-state index is 13.6. The number of carbonyl (C=O) groups is 2. The number of imide groups is 1. The zero-order chi connectivity index (χ0) is 23.0. The first-order chi connectivity index (χ1) is 15.3. The van der Waals surface area contributed by atoms with Gasteiger partial charge >= 0.3 is 0 Å². The third-order valence-corrected chi connectivity index (χ3v) is 6.22. The number of hydrogen-bond donors (Lipinski definition) is 1. The number of benzene rings is 3. The molecule has 0 saturated heterocycles. The van der Waals surface area contributed by atoms with E-state index in [9.17, 15) is 9.59 Å². The Kier molecular flexibility index (Phi) is 5.90. The summed E-state index contributed by atoms with van der Waals surface area (Å²) < 4.78 is 0. The Morgan fingerprint density at radius 1 is 0.844 bits per heavy atom. The van der Waals surface area contributed by atoms with Crippen LogP contribution in [-0.2, 0) is 16.1 Å². The van der Waals surface area contributed by atoms with Gasteiger partial charge in [0.05, 0.1) is 12.1 Å². The first kappa shape index (κ1) is 21.8. The van der Waals surface area contributed by atoms with Gasteiger partial charge in [0.15, 0.2) is 0 Å². The van der Waals surface area contributed by atoms with Crippen molar-refractivity contribution >= 4 is 34.7 Å². The third kappa shape index (κ3) is 4.06. The maximum Gasteiger partial charge on any atom is 0.278 e. The number of amides is 2. The van der Waals surface area contributed by atoms with Crippen molar-refractivity contribution in [1.82, 2.24) is 4.90 Å². The number of nitrogens with one attached hydrogen (secondary N) is 1. The minimum atomic E-state index is -0.343. The highest BCUT2D eigenvalue weighted by molar-refractivity contribution is 6.37. The predicted molar refractivity (Wildman–Crippen MR) is 129 cm³/mol. The minimum absolute atomic E-state index is 0.214. The number of rotatable bonds is 5. The summed E-state index contributed by atoms with van der Waals surface area (Å²) in [5, 5.41) is 3.82. The fourth-order valence-electron chi connectivity index (χ4n) is 3.93. The van der Waals surface area contributed by atoms with Crippen molar-refractivity contribution in [3.8, 4) is 0 Å². The van der Waals surface area contributed by atoms with E-state index in [4.69, 9.17) is 11.6 Å². The first-order valence-electron chi connectivity index (χ1n) is 10.5. The van der Waals surface area contributed by atoms with Gasteiger partial charge in [0.2, 0.25) is 0 Å². The number of hydrogen-bond acceptors (Lipinski definition) is 3. The van der Waals surface area contributed by atoms with E-state index in [1.54, 1.807) is 6.07 Å². The van der Waals surface area contributed by atoms with Crippen LogP contribution in [0.3, 0.4) is 0 Å². The zero-order valence-electron chi connectivity index (χ0n) is 18.6. The van der Waals surface area contributed by atoms with Crippen LogP contribution in [0.25, 0.3) is 5.57 Å². The minimum Gasteiger partial charge on any atom is -0.350 e. The van der Waals surface area contributed by atoms with Crippen LogP contribution in [0.2, 0.25) is 5.02 Å². The van der Waals surface area contributed by atoms with Crippen LogP contribution in [0.5, 0.6) is 0 Å². The summed E-state index contributed by atoms with van der Waals surface area (Å²) in [4.78, 5) is 28.4. The summed E-state index contributed by atoms with van der Waals surface area (Å²) in [5.41, 5.74) is 7.01. The van der Waals surface area contributed by atoms with Gasteiger partial charge in [-0.2, -0.15) is 0 Å². The topological polar surface area (TPSA) is 49.4 Å². The Balaban J connectivity index is 1.80. The Bertz CT molecular complexity index is 1260. The Hall–Kier alpha value is -3.37. The molecule has 1 aliphatic heterocycles. The van der Waals surface area contributed by atoms with Gasteiger partial charge in [-0.1, -0.05) is 71.3 Å². The third-order valence-electron chi connectivity index (χ3n) is 5.81. The normalized spacial score (nSPS) is 13.8. The van der Waals surface area contributed by atoms with Crippen molar-refractivity contribution in [3.63, 3.8) is 0 Å². The van der Waals surface area contributed by atoms with Crippen LogP contribution < -0.4 is 5.32 Å². The Morgan fingerprint density at radius 3 is 2.22 bits per heavy atom. The molecule has 2 amide bonds. The van der Waals surface area contributed by atoms with E-state index < -0.39 is 0 Å². The molecule has 0 radical (unpaired) electrons. The van der Waals surface area contributed by atoms with Crippen molar-refractivity contribution in [2.75, 3.05) is 5.32 Å². The molecule has 1 heterocycles. The summed E-state index contributed by atoms with van der Waals surface area (Å²) >= 11 is 6.29. The van der Waals surface area contributed by atoms with Crippen molar-refractivity contribution in [1.29, 1.82) is 0 Å². The quantitative estimate of drug-likeness (QED) is 0.493. The van der Waals surface area contributed by atoms with Gasteiger partial charge in [0.1, 0.15) is 5.70 Å². The van der Waals surface area contributed by atoms with Crippen LogP contribution in [0.4, 0.5) is 5.69 Å². The average Bonchev–Trinajstić information content (AvgIpc) is 2.97. The lowest BCUT2D eigenvalue weighted by Crippen LogP contribution is -2.32. The maximum absolute atomic E-state index is 13.6. The molecule has 162 valence electrons. The molecular weight excluding hydrogens is 420 g/mol. The predicted octanol–water partition coefficient (Wildman–Crippen LogP) is 5.97. The molecule has 4 rings (SSSR count). The standard InChI is InChI=1S/C27H25ClN2O2/c1-16-8-11-20(12-9-16)15-30-26(31)24(21-13-10-17(2)14-18(21)3)25(27(30)32)29-23-7-5-6-22(28)19(23)4/h5-14,29H,15H2,1-4H3. The summed E-state index contributed by atoms with van der Waals surface area (Å²) in [6.45, 7) is 8.06. The molecule has 5 heteroatoms. The second kappa shape index (κ2) is 8.64. The average molecular weight is 445 g/mol. The Labute approximate surface area is 193 Å². The number of aryl methyl sites for hydroxylation is 3. The molecule has 0 bridgehead atoms. The lowest BCUT2D eigenvalue weighted by Gasteiger charge is -2.16. The number of anilines is 1. The van der Waals surface area contributed by atoms with E-state index in [1.807, 2.05) is 82.3 Å². The van der Waals surface area contributed by atoms with Crippen LogP contribution in [0, 0.1) is 27.7 Å². The molecule has 0 fully saturated rings. The van der Waals surface area contributed by atoms with E-state index in [1.165, 1.54) is 4.90 Å². The first-order valence-corrected chi connectivity index (χ1v) is 10.9. The molecule has 3 aromatic rings. The van der Waals surface area contributed by atoms with Crippen molar-refractivity contribution in [2.24, 2.45) is 0 Å². The van der Waals surface area contributed by atoms with Crippen molar-refractivity contribution in [2.45, 2.75) is 34.2 Å². The van der Waals surface area contributed by atoms with E-state index in [0.29, 0.717) is 16.3 Å². The molecule has 0 atom stereocenters. The highest BCUT2D eigenvalue weighted by Gasteiger charge is 2.39. The molecule has 1 aliphatic rings. The lowest BCUT2D eigenvalue weighted by molar-refractivity contribution is -0.137. The summed E-state index contributed by atoms with van der Waals surface area (Å²) in [7, 11) is 0.